The standard InChI is InChI=1S/C17H16ClN3O/c1-12(2)17-16(8-13(18)10-21-17)22-15(9-19)11-20-14-6-4-3-5-7-14/h3-8,10-12,20H,1-2H3/b15-11-. The summed E-state index contributed by atoms with van der Waals surface area (Å²) < 4.78 is 5.65. The van der Waals surface area contributed by atoms with Gasteiger partial charge in [-0.05, 0) is 18.1 Å². The molecule has 5 heteroatoms. The Morgan fingerprint density at radius 3 is 2.73 bits per heavy atom. The zero-order valence-electron chi connectivity index (χ0n) is 12.4. The van der Waals surface area contributed by atoms with Gasteiger partial charge in [0.25, 0.3) is 0 Å². The SMILES string of the molecule is CC(C)c1ncc(Cl)cc1O/C(C#N)=C\Nc1ccccc1. The van der Waals surface area contributed by atoms with E-state index in [-0.39, 0.29) is 11.7 Å². The van der Waals surface area contributed by atoms with Crippen molar-refractivity contribution in [1.82, 2.24) is 4.98 Å². The summed E-state index contributed by atoms with van der Waals surface area (Å²) in [5, 5.41) is 12.7. The van der Waals surface area contributed by atoms with Crippen molar-refractivity contribution in [2.45, 2.75) is 19.8 Å². The Bertz CT molecular complexity index is 706. The highest BCUT2D eigenvalue weighted by molar-refractivity contribution is 6.30. The van der Waals surface area contributed by atoms with E-state index in [1.54, 1.807) is 12.3 Å². The summed E-state index contributed by atoms with van der Waals surface area (Å²) in [5.74, 6) is 0.786. The van der Waals surface area contributed by atoms with Crippen LogP contribution in [0.4, 0.5) is 5.69 Å². The lowest BCUT2D eigenvalue weighted by Crippen LogP contribution is -2.02. The second-order valence-electron chi connectivity index (χ2n) is 4.92. The molecule has 1 aromatic carbocycles. The maximum atomic E-state index is 9.23. The minimum atomic E-state index is 0.134. The number of anilines is 1. The molecule has 0 saturated heterocycles. The van der Waals surface area contributed by atoms with Crippen LogP contribution in [0.2, 0.25) is 5.02 Å². The molecule has 0 bridgehead atoms. The van der Waals surface area contributed by atoms with Crippen molar-refractivity contribution < 1.29 is 4.74 Å². The molecule has 0 amide bonds. The highest BCUT2D eigenvalue weighted by Gasteiger charge is 2.12. The molecule has 0 fully saturated rings. The number of rotatable bonds is 5. The number of benzene rings is 1. The van der Waals surface area contributed by atoms with Crippen molar-refractivity contribution in [3.8, 4) is 11.8 Å². The number of aromatic nitrogens is 1. The first-order valence-electron chi connectivity index (χ1n) is 6.85. The van der Waals surface area contributed by atoms with Gasteiger partial charge in [0.2, 0.25) is 5.76 Å². The summed E-state index contributed by atoms with van der Waals surface area (Å²) >= 11 is 5.96. The molecule has 0 aliphatic heterocycles. The van der Waals surface area contributed by atoms with Crippen LogP contribution in [0.5, 0.6) is 5.75 Å². The van der Waals surface area contributed by atoms with Gasteiger partial charge >= 0.3 is 0 Å². The van der Waals surface area contributed by atoms with Crippen molar-refractivity contribution >= 4 is 17.3 Å². The Kier molecular flexibility index (Phi) is 5.40. The van der Waals surface area contributed by atoms with E-state index in [0.717, 1.165) is 11.4 Å². The molecule has 0 saturated carbocycles. The van der Waals surface area contributed by atoms with Crippen molar-refractivity contribution in [2.75, 3.05) is 5.32 Å². The third kappa shape index (κ3) is 4.24. The van der Waals surface area contributed by atoms with Gasteiger partial charge < -0.3 is 10.1 Å². The van der Waals surface area contributed by atoms with Crippen molar-refractivity contribution in [3.05, 3.63) is 65.3 Å². The molecule has 0 unspecified atom stereocenters. The molecule has 1 heterocycles. The first-order valence-corrected chi connectivity index (χ1v) is 7.23. The average molecular weight is 314 g/mol. The Balaban J connectivity index is 2.20. The van der Waals surface area contributed by atoms with Gasteiger partial charge in [0, 0.05) is 18.0 Å². The van der Waals surface area contributed by atoms with Crippen LogP contribution in [0.3, 0.4) is 0 Å². The molecule has 2 rings (SSSR count). The van der Waals surface area contributed by atoms with Gasteiger partial charge in [-0.3, -0.25) is 4.98 Å². The highest BCUT2D eigenvalue weighted by Crippen LogP contribution is 2.28. The Morgan fingerprint density at radius 1 is 1.36 bits per heavy atom. The number of pyridine rings is 1. The lowest BCUT2D eigenvalue weighted by Gasteiger charge is -2.12. The van der Waals surface area contributed by atoms with Crippen LogP contribution in [-0.4, -0.2) is 4.98 Å². The molecule has 1 aromatic heterocycles. The van der Waals surface area contributed by atoms with Crippen LogP contribution in [0.25, 0.3) is 0 Å². The normalized spacial score (nSPS) is 11.1. The minimum absolute atomic E-state index is 0.134. The molecular formula is C17H16ClN3O. The molecule has 0 spiro atoms. The molecule has 0 aliphatic carbocycles. The summed E-state index contributed by atoms with van der Waals surface area (Å²) in [6.07, 6.45) is 3.09. The molecule has 22 heavy (non-hydrogen) atoms. The van der Waals surface area contributed by atoms with Crippen LogP contribution in [0.15, 0.2) is 54.6 Å². The van der Waals surface area contributed by atoms with Gasteiger partial charge in [-0.1, -0.05) is 43.6 Å². The van der Waals surface area contributed by atoms with Gasteiger partial charge in [0.1, 0.15) is 6.07 Å². The topological polar surface area (TPSA) is 57.9 Å². The van der Waals surface area contributed by atoms with Crippen LogP contribution in [-0.2, 0) is 0 Å². The maximum Gasteiger partial charge on any atom is 0.220 e. The summed E-state index contributed by atoms with van der Waals surface area (Å²) in [5.41, 5.74) is 1.62. The molecule has 0 atom stereocenters. The van der Waals surface area contributed by atoms with E-state index in [4.69, 9.17) is 16.3 Å². The number of halogens is 1. The van der Waals surface area contributed by atoms with E-state index in [1.807, 2.05) is 50.2 Å². The average Bonchev–Trinajstić information content (AvgIpc) is 2.52. The van der Waals surface area contributed by atoms with Gasteiger partial charge in [0.05, 0.1) is 16.9 Å². The largest absolute Gasteiger partial charge is 0.443 e. The quantitative estimate of drug-likeness (QED) is 0.641. The second-order valence-corrected chi connectivity index (χ2v) is 5.36. The highest BCUT2D eigenvalue weighted by atomic mass is 35.5. The van der Waals surface area contributed by atoms with E-state index in [0.29, 0.717) is 10.8 Å². The predicted octanol–water partition coefficient (Wildman–Crippen LogP) is 4.71. The zero-order valence-corrected chi connectivity index (χ0v) is 13.1. The lowest BCUT2D eigenvalue weighted by molar-refractivity contribution is 0.435. The van der Waals surface area contributed by atoms with Gasteiger partial charge in [-0.25, -0.2) is 0 Å². The van der Waals surface area contributed by atoms with E-state index < -0.39 is 0 Å². The molecule has 1 N–H and O–H groups in total. The number of allylic oxidation sites excluding steroid dienone is 1. The maximum absolute atomic E-state index is 9.23. The Labute approximate surface area is 135 Å². The molecule has 2 aromatic rings. The Morgan fingerprint density at radius 2 is 2.09 bits per heavy atom. The van der Waals surface area contributed by atoms with Gasteiger partial charge in [0.15, 0.2) is 5.75 Å². The Hall–Kier alpha value is -2.51. The van der Waals surface area contributed by atoms with E-state index in [9.17, 15) is 5.26 Å². The molecule has 0 radical (unpaired) electrons. The number of nitrogens with one attached hydrogen (secondary N) is 1. The molecular weight excluding hydrogens is 298 g/mol. The summed E-state index contributed by atoms with van der Waals surface area (Å²) in [7, 11) is 0. The third-order valence-electron chi connectivity index (χ3n) is 2.87. The minimum Gasteiger partial charge on any atom is -0.443 e. The van der Waals surface area contributed by atoms with Crippen molar-refractivity contribution in [3.63, 3.8) is 0 Å². The summed E-state index contributed by atoms with van der Waals surface area (Å²) in [4.78, 5) is 4.27. The van der Waals surface area contributed by atoms with E-state index in [1.165, 1.54) is 6.20 Å². The van der Waals surface area contributed by atoms with Crippen LogP contribution < -0.4 is 10.1 Å². The number of hydrogen-bond acceptors (Lipinski definition) is 4. The molecule has 4 nitrogen and oxygen atoms in total. The van der Waals surface area contributed by atoms with Crippen LogP contribution in [0.1, 0.15) is 25.5 Å². The smallest absolute Gasteiger partial charge is 0.220 e. The zero-order chi connectivity index (χ0) is 15.9. The van der Waals surface area contributed by atoms with Crippen molar-refractivity contribution in [1.29, 1.82) is 5.26 Å². The predicted molar refractivity (Wildman–Crippen MR) is 87.7 cm³/mol. The number of para-hydroxylation sites is 1. The fourth-order valence-electron chi connectivity index (χ4n) is 1.83. The van der Waals surface area contributed by atoms with Gasteiger partial charge in [-0.15, -0.1) is 0 Å². The molecule has 0 aliphatic rings. The fraction of sp³-hybridized carbons (Fsp3) is 0.176. The molecule has 112 valence electrons. The lowest BCUT2D eigenvalue weighted by atomic mass is 10.1. The number of nitriles is 1. The number of nitrogens with zero attached hydrogens (tertiary/aromatic N) is 2. The number of hydrogen-bond donors (Lipinski definition) is 1. The first kappa shape index (κ1) is 15.9. The van der Waals surface area contributed by atoms with Crippen LogP contribution >= 0.6 is 11.6 Å². The summed E-state index contributed by atoms with van der Waals surface area (Å²) in [6, 6.07) is 13.2. The van der Waals surface area contributed by atoms with Crippen molar-refractivity contribution in [2.24, 2.45) is 0 Å². The summed E-state index contributed by atoms with van der Waals surface area (Å²) in [6.45, 7) is 4.00. The second kappa shape index (κ2) is 7.48. The van der Waals surface area contributed by atoms with E-state index in [2.05, 4.69) is 10.3 Å². The van der Waals surface area contributed by atoms with E-state index >= 15 is 0 Å². The monoisotopic (exact) mass is 313 g/mol. The fourth-order valence-corrected chi connectivity index (χ4v) is 1.98. The number of ether oxygens (including phenoxy) is 1. The van der Waals surface area contributed by atoms with Crippen LogP contribution in [0, 0.1) is 11.3 Å². The van der Waals surface area contributed by atoms with Gasteiger partial charge in [-0.2, -0.15) is 5.26 Å². The first-order chi connectivity index (χ1) is 10.6. The third-order valence-corrected chi connectivity index (χ3v) is 3.08.